The summed E-state index contributed by atoms with van der Waals surface area (Å²) in [4.78, 5) is 28.9. The van der Waals surface area contributed by atoms with E-state index in [-0.39, 0.29) is 46.4 Å². The molecule has 0 bridgehead atoms. The topological polar surface area (TPSA) is 101 Å². The van der Waals surface area contributed by atoms with Crippen molar-refractivity contribution >= 4 is 17.6 Å². The van der Waals surface area contributed by atoms with E-state index >= 15 is 0 Å². The van der Waals surface area contributed by atoms with E-state index in [0.717, 1.165) is 11.1 Å². The average Bonchev–Trinajstić information content (AvgIpc) is 2.88. The molecule has 0 radical (unpaired) electrons. The predicted molar refractivity (Wildman–Crippen MR) is 127 cm³/mol. The Morgan fingerprint density at radius 2 is 1.60 bits per heavy atom. The van der Waals surface area contributed by atoms with Gasteiger partial charge in [0.05, 0.1) is 31.4 Å². The molecular formula is C27H21N2NaO5. The third-order valence-electron chi connectivity index (χ3n) is 5.31. The van der Waals surface area contributed by atoms with Crippen molar-refractivity contribution in [2.24, 2.45) is 0 Å². The molecule has 0 saturated carbocycles. The maximum atomic E-state index is 13.0. The molecule has 0 atom stereocenters. The number of carboxylic acids is 1. The Hall–Kier alpha value is -3.65. The largest absolute Gasteiger partial charge is 1.00 e. The first-order chi connectivity index (χ1) is 16.5. The zero-order valence-electron chi connectivity index (χ0n) is 19.6. The molecule has 1 heterocycles. The SMILES string of the molecule is COc1cccc(-c2ccc(C(=O)[O-])c(NC(=O)c3cncc(-c4ccccc4)c3)c2)c1OC.[Na+]. The van der Waals surface area contributed by atoms with Crippen molar-refractivity contribution < 1.29 is 53.7 Å². The van der Waals surface area contributed by atoms with Gasteiger partial charge in [0.1, 0.15) is 0 Å². The summed E-state index contributed by atoms with van der Waals surface area (Å²) in [5, 5.41) is 14.4. The molecule has 0 unspecified atom stereocenters. The summed E-state index contributed by atoms with van der Waals surface area (Å²) in [6.07, 6.45) is 3.09. The summed E-state index contributed by atoms with van der Waals surface area (Å²) in [5.74, 6) is -0.889. The Bertz CT molecular complexity index is 1360. The molecule has 35 heavy (non-hydrogen) atoms. The van der Waals surface area contributed by atoms with Crippen LogP contribution in [0.3, 0.4) is 0 Å². The zero-order chi connectivity index (χ0) is 24.1. The number of benzene rings is 3. The van der Waals surface area contributed by atoms with Gasteiger partial charge in [0, 0.05) is 29.1 Å². The molecule has 0 aliphatic heterocycles. The van der Waals surface area contributed by atoms with Crippen LogP contribution in [0.15, 0.2) is 85.2 Å². The predicted octanol–water partition coefficient (Wildman–Crippen LogP) is 1.05. The van der Waals surface area contributed by atoms with Crippen molar-refractivity contribution in [3.8, 4) is 33.8 Å². The summed E-state index contributed by atoms with van der Waals surface area (Å²) in [6, 6.07) is 21.2. The van der Waals surface area contributed by atoms with E-state index in [4.69, 9.17) is 9.47 Å². The molecule has 4 rings (SSSR count). The number of para-hydroxylation sites is 1. The van der Waals surface area contributed by atoms with Crippen LogP contribution in [-0.2, 0) is 0 Å². The number of nitrogens with one attached hydrogen (secondary N) is 1. The normalized spacial score (nSPS) is 10.1. The summed E-state index contributed by atoms with van der Waals surface area (Å²) in [5.41, 5.74) is 3.22. The number of amides is 1. The number of hydrogen-bond acceptors (Lipinski definition) is 6. The van der Waals surface area contributed by atoms with Crippen molar-refractivity contribution in [1.29, 1.82) is 0 Å². The second-order valence-corrected chi connectivity index (χ2v) is 7.37. The molecule has 8 heteroatoms. The molecular weight excluding hydrogens is 455 g/mol. The van der Waals surface area contributed by atoms with Crippen LogP contribution in [-0.4, -0.2) is 31.1 Å². The molecule has 7 nitrogen and oxygen atoms in total. The number of aromatic carboxylic acids is 1. The van der Waals surface area contributed by atoms with Crippen LogP contribution in [0.1, 0.15) is 20.7 Å². The summed E-state index contributed by atoms with van der Waals surface area (Å²) in [6.45, 7) is 0. The van der Waals surface area contributed by atoms with Gasteiger partial charge in [-0.2, -0.15) is 0 Å². The number of pyridine rings is 1. The minimum absolute atomic E-state index is 0. The first kappa shape index (κ1) is 26.0. The third kappa shape index (κ3) is 5.71. The van der Waals surface area contributed by atoms with Crippen LogP contribution in [0.2, 0.25) is 0 Å². The van der Waals surface area contributed by atoms with Gasteiger partial charge in [0.15, 0.2) is 11.5 Å². The Labute approximate surface area is 225 Å². The van der Waals surface area contributed by atoms with Gasteiger partial charge in [-0.25, -0.2) is 0 Å². The van der Waals surface area contributed by atoms with E-state index in [2.05, 4.69) is 10.3 Å². The fourth-order valence-electron chi connectivity index (χ4n) is 3.65. The molecule has 3 aromatic carbocycles. The smallest absolute Gasteiger partial charge is 0.545 e. The summed E-state index contributed by atoms with van der Waals surface area (Å²) in [7, 11) is 3.05. The van der Waals surface area contributed by atoms with Crippen molar-refractivity contribution in [2.75, 3.05) is 19.5 Å². The molecule has 0 aliphatic rings. The van der Waals surface area contributed by atoms with Gasteiger partial charge in [-0.1, -0.05) is 54.6 Å². The number of carbonyl (C=O) groups is 2. The number of rotatable bonds is 7. The number of ether oxygens (including phenoxy) is 2. The van der Waals surface area contributed by atoms with Gasteiger partial charge in [-0.3, -0.25) is 9.78 Å². The Morgan fingerprint density at radius 1 is 0.829 bits per heavy atom. The first-order valence-electron chi connectivity index (χ1n) is 10.4. The van der Waals surface area contributed by atoms with Crippen LogP contribution >= 0.6 is 0 Å². The van der Waals surface area contributed by atoms with Crippen molar-refractivity contribution in [1.82, 2.24) is 4.98 Å². The minimum Gasteiger partial charge on any atom is -0.545 e. The molecule has 0 aliphatic carbocycles. The van der Waals surface area contributed by atoms with Crippen molar-refractivity contribution in [3.63, 3.8) is 0 Å². The van der Waals surface area contributed by atoms with E-state index < -0.39 is 11.9 Å². The molecule has 0 spiro atoms. The third-order valence-corrected chi connectivity index (χ3v) is 5.31. The van der Waals surface area contributed by atoms with Gasteiger partial charge in [-0.15, -0.1) is 0 Å². The molecule has 1 N–H and O–H groups in total. The average molecular weight is 476 g/mol. The van der Waals surface area contributed by atoms with E-state index in [9.17, 15) is 14.7 Å². The van der Waals surface area contributed by atoms with E-state index in [1.54, 1.807) is 36.5 Å². The quantitative estimate of drug-likeness (QED) is 0.401. The van der Waals surface area contributed by atoms with Gasteiger partial charge in [0.2, 0.25) is 0 Å². The second-order valence-electron chi connectivity index (χ2n) is 7.37. The van der Waals surface area contributed by atoms with Gasteiger partial charge in [-0.05, 0) is 29.3 Å². The van der Waals surface area contributed by atoms with E-state index in [0.29, 0.717) is 22.6 Å². The maximum absolute atomic E-state index is 13.0. The van der Waals surface area contributed by atoms with Crippen molar-refractivity contribution in [3.05, 3.63) is 96.3 Å². The zero-order valence-corrected chi connectivity index (χ0v) is 21.6. The molecule has 0 saturated heterocycles. The summed E-state index contributed by atoms with van der Waals surface area (Å²) < 4.78 is 10.9. The van der Waals surface area contributed by atoms with Crippen LogP contribution in [0.5, 0.6) is 11.5 Å². The first-order valence-corrected chi connectivity index (χ1v) is 10.4. The Kier molecular flexibility index (Phi) is 8.65. The number of methoxy groups -OCH3 is 2. The fraction of sp³-hybridized carbons (Fsp3) is 0.0741. The molecule has 4 aromatic rings. The van der Waals surface area contributed by atoms with E-state index in [1.807, 2.05) is 36.4 Å². The molecule has 1 amide bonds. The monoisotopic (exact) mass is 476 g/mol. The van der Waals surface area contributed by atoms with Gasteiger partial charge >= 0.3 is 29.6 Å². The van der Waals surface area contributed by atoms with E-state index in [1.165, 1.54) is 26.5 Å². The Morgan fingerprint density at radius 3 is 2.29 bits per heavy atom. The number of aromatic nitrogens is 1. The summed E-state index contributed by atoms with van der Waals surface area (Å²) >= 11 is 0. The molecule has 170 valence electrons. The Balaban J connectivity index is 0.00000342. The number of nitrogens with zero attached hydrogens (tertiary/aromatic N) is 1. The number of carboxylic acid groups (broad SMARTS) is 1. The molecule has 1 aromatic heterocycles. The maximum Gasteiger partial charge on any atom is 1.00 e. The van der Waals surface area contributed by atoms with Crippen LogP contribution in [0.4, 0.5) is 5.69 Å². The van der Waals surface area contributed by atoms with Crippen LogP contribution in [0.25, 0.3) is 22.3 Å². The second kappa shape index (κ2) is 11.7. The van der Waals surface area contributed by atoms with Gasteiger partial charge in [0.25, 0.3) is 5.91 Å². The van der Waals surface area contributed by atoms with Crippen LogP contribution in [0, 0.1) is 0 Å². The number of hydrogen-bond donors (Lipinski definition) is 1. The standard InChI is InChI=1S/C27H22N2O5.Na/c1-33-24-10-6-9-21(25(24)34-2)18-11-12-22(27(31)32)23(14-18)29-26(30)20-13-19(15-28-16-20)17-7-4-3-5-8-17;/h3-16H,1-2H3,(H,29,30)(H,31,32);/q;+1/p-1. The fourth-order valence-corrected chi connectivity index (χ4v) is 3.65. The minimum atomic E-state index is -1.41. The van der Waals surface area contributed by atoms with Crippen LogP contribution < -0.4 is 49.5 Å². The van der Waals surface area contributed by atoms with Gasteiger partial charge < -0.3 is 24.7 Å². The molecule has 0 fully saturated rings. The van der Waals surface area contributed by atoms with Crippen molar-refractivity contribution in [2.45, 2.75) is 0 Å². The number of anilines is 1. The number of carbonyl (C=O) groups excluding carboxylic acids is 2.